The minimum Gasteiger partial charge on any atom is -0.493 e. The minimum absolute atomic E-state index is 0.0474. The summed E-state index contributed by atoms with van der Waals surface area (Å²) in [6, 6.07) is 7.14. The third-order valence-corrected chi connectivity index (χ3v) is 4.61. The quantitative estimate of drug-likeness (QED) is 0.931. The number of ether oxygens (including phenoxy) is 1. The number of likely N-dealkylation sites (tertiary alicyclic amines) is 1. The Hall–Kier alpha value is -2.04. The van der Waals surface area contributed by atoms with Crippen LogP contribution in [0.5, 0.6) is 5.75 Å². The number of benzene rings is 1. The number of piperidine rings is 1. The fourth-order valence-corrected chi connectivity index (χ4v) is 3.44. The van der Waals surface area contributed by atoms with Crippen molar-refractivity contribution in [3.63, 3.8) is 0 Å². The molecule has 0 unspecified atom stereocenters. The number of aliphatic carboxylic acids is 1. The zero-order valence-corrected chi connectivity index (χ0v) is 12.5. The Labute approximate surface area is 129 Å². The van der Waals surface area contributed by atoms with Crippen LogP contribution in [0.2, 0.25) is 0 Å². The molecule has 118 valence electrons. The van der Waals surface area contributed by atoms with Crippen LogP contribution >= 0.6 is 0 Å². The Morgan fingerprint density at radius 1 is 1.23 bits per heavy atom. The van der Waals surface area contributed by atoms with Gasteiger partial charge in [0.2, 0.25) is 5.91 Å². The zero-order valence-electron chi connectivity index (χ0n) is 12.5. The van der Waals surface area contributed by atoms with Crippen molar-refractivity contribution in [1.29, 1.82) is 0 Å². The Morgan fingerprint density at radius 2 is 2.05 bits per heavy atom. The molecule has 2 aliphatic rings. The Bertz CT molecular complexity index is 572. The molecule has 2 aliphatic heterocycles. The van der Waals surface area contributed by atoms with Crippen molar-refractivity contribution in [2.75, 3.05) is 13.2 Å². The van der Waals surface area contributed by atoms with Gasteiger partial charge in [0, 0.05) is 13.0 Å². The SMILES string of the molecule is O=C(O)[C@@H]1CCCCN1C(=O)C[C@H]1CCOc2ccccc21. The van der Waals surface area contributed by atoms with E-state index in [1.165, 1.54) is 0 Å². The molecule has 0 aromatic heterocycles. The van der Waals surface area contributed by atoms with E-state index in [-0.39, 0.29) is 11.8 Å². The van der Waals surface area contributed by atoms with E-state index in [9.17, 15) is 14.7 Å². The highest BCUT2D eigenvalue weighted by atomic mass is 16.5. The number of carbonyl (C=O) groups excluding carboxylic acids is 1. The van der Waals surface area contributed by atoms with E-state index in [0.717, 1.165) is 30.6 Å². The maximum absolute atomic E-state index is 12.6. The number of para-hydroxylation sites is 1. The van der Waals surface area contributed by atoms with Crippen molar-refractivity contribution < 1.29 is 19.4 Å². The summed E-state index contributed by atoms with van der Waals surface area (Å²) in [5.74, 6) is 0.0306. The molecule has 0 spiro atoms. The number of hydrogen-bond donors (Lipinski definition) is 1. The van der Waals surface area contributed by atoms with Gasteiger partial charge >= 0.3 is 5.97 Å². The molecule has 1 fully saturated rings. The Kier molecular flexibility index (Phi) is 4.32. The van der Waals surface area contributed by atoms with Gasteiger partial charge in [-0.25, -0.2) is 4.79 Å². The highest BCUT2D eigenvalue weighted by Crippen LogP contribution is 2.36. The second kappa shape index (κ2) is 6.38. The summed E-state index contributed by atoms with van der Waals surface area (Å²) in [5.41, 5.74) is 1.06. The molecule has 1 N–H and O–H groups in total. The topological polar surface area (TPSA) is 66.8 Å². The van der Waals surface area contributed by atoms with Gasteiger partial charge in [-0.1, -0.05) is 18.2 Å². The summed E-state index contributed by atoms with van der Waals surface area (Å²) in [6.07, 6.45) is 3.49. The predicted molar refractivity (Wildman–Crippen MR) is 80.9 cm³/mol. The molecular weight excluding hydrogens is 282 g/mol. The first-order chi connectivity index (χ1) is 10.7. The van der Waals surface area contributed by atoms with Crippen LogP contribution in [0.4, 0.5) is 0 Å². The molecule has 1 aromatic carbocycles. The molecule has 1 saturated heterocycles. The third-order valence-electron chi connectivity index (χ3n) is 4.61. The third kappa shape index (κ3) is 2.93. The number of hydrogen-bond acceptors (Lipinski definition) is 3. The molecule has 1 aromatic rings. The van der Waals surface area contributed by atoms with Crippen molar-refractivity contribution in [3.05, 3.63) is 29.8 Å². The lowest BCUT2D eigenvalue weighted by molar-refractivity contribution is -0.152. The molecule has 0 aliphatic carbocycles. The van der Waals surface area contributed by atoms with Gasteiger partial charge < -0.3 is 14.7 Å². The number of rotatable bonds is 3. The fourth-order valence-electron chi connectivity index (χ4n) is 3.44. The van der Waals surface area contributed by atoms with E-state index in [1.54, 1.807) is 4.90 Å². The predicted octanol–water partition coefficient (Wildman–Crippen LogP) is 2.41. The van der Waals surface area contributed by atoms with Crippen molar-refractivity contribution in [3.8, 4) is 5.75 Å². The summed E-state index contributed by atoms with van der Waals surface area (Å²) >= 11 is 0. The molecular formula is C17H21NO4. The molecule has 2 heterocycles. The van der Waals surface area contributed by atoms with Crippen LogP contribution in [0.15, 0.2) is 24.3 Å². The highest BCUT2D eigenvalue weighted by Gasteiger charge is 2.33. The molecule has 0 radical (unpaired) electrons. The molecule has 22 heavy (non-hydrogen) atoms. The van der Waals surface area contributed by atoms with Crippen LogP contribution in [-0.2, 0) is 9.59 Å². The molecule has 3 rings (SSSR count). The Morgan fingerprint density at radius 3 is 2.86 bits per heavy atom. The smallest absolute Gasteiger partial charge is 0.326 e. The maximum Gasteiger partial charge on any atom is 0.326 e. The van der Waals surface area contributed by atoms with Crippen molar-refractivity contribution in [2.24, 2.45) is 0 Å². The average Bonchev–Trinajstić information content (AvgIpc) is 2.55. The van der Waals surface area contributed by atoms with E-state index < -0.39 is 12.0 Å². The second-order valence-corrected chi connectivity index (χ2v) is 6.01. The highest BCUT2D eigenvalue weighted by molar-refractivity contribution is 5.84. The molecule has 0 saturated carbocycles. The van der Waals surface area contributed by atoms with Crippen LogP contribution in [0, 0.1) is 0 Å². The number of fused-ring (bicyclic) bond motifs is 1. The molecule has 2 atom stereocenters. The second-order valence-electron chi connectivity index (χ2n) is 6.01. The van der Waals surface area contributed by atoms with Crippen LogP contribution in [0.25, 0.3) is 0 Å². The first kappa shape index (κ1) is 14.9. The average molecular weight is 303 g/mol. The first-order valence-corrected chi connectivity index (χ1v) is 7.91. The van der Waals surface area contributed by atoms with Gasteiger partial charge in [-0.2, -0.15) is 0 Å². The summed E-state index contributed by atoms with van der Waals surface area (Å²) < 4.78 is 5.62. The zero-order chi connectivity index (χ0) is 15.5. The number of carbonyl (C=O) groups is 2. The summed E-state index contributed by atoms with van der Waals surface area (Å²) in [6.45, 7) is 1.16. The minimum atomic E-state index is -0.888. The van der Waals surface area contributed by atoms with Gasteiger partial charge in [-0.05, 0) is 43.2 Å². The van der Waals surface area contributed by atoms with E-state index in [1.807, 2.05) is 24.3 Å². The van der Waals surface area contributed by atoms with E-state index in [0.29, 0.717) is 26.0 Å². The summed E-state index contributed by atoms with van der Waals surface area (Å²) in [5, 5.41) is 9.31. The van der Waals surface area contributed by atoms with Crippen LogP contribution < -0.4 is 4.74 Å². The van der Waals surface area contributed by atoms with Crippen LogP contribution in [-0.4, -0.2) is 41.1 Å². The molecule has 5 nitrogen and oxygen atoms in total. The van der Waals surface area contributed by atoms with Gasteiger partial charge in [0.1, 0.15) is 11.8 Å². The van der Waals surface area contributed by atoms with Gasteiger partial charge in [-0.3, -0.25) is 4.79 Å². The van der Waals surface area contributed by atoms with E-state index in [2.05, 4.69) is 0 Å². The monoisotopic (exact) mass is 303 g/mol. The number of nitrogens with zero attached hydrogens (tertiary/aromatic N) is 1. The van der Waals surface area contributed by atoms with Crippen LogP contribution in [0.1, 0.15) is 43.6 Å². The van der Waals surface area contributed by atoms with Crippen molar-refractivity contribution in [2.45, 2.75) is 44.1 Å². The van der Waals surface area contributed by atoms with E-state index in [4.69, 9.17) is 4.74 Å². The van der Waals surface area contributed by atoms with Crippen molar-refractivity contribution >= 4 is 11.9 Å². The van der Waals surface area contributed by atoms with Gasteiger partial charge in [-0.15, -0.1) is 0 Å². The van der Waals surface area contributed by atoms with E-state index >= 15 is 0 Å². The molecule has 5 heteroatoms. The Balaban J connectivity index is 1.73. The maximum atomic E-state index is 12.6. The fraction of sp³-hybridized carbons (Fsp3) is 0.529. The molecule has 1 amide bonds. The number of amides is 1. The van der Waals surface area contributed by atoms with Gasteiger partial charge in [0.15, 0.2) is 0 Å². The normalized spacial score (nSPS) is 24.3. The van der Waals surface area contributed by atoms with Gasteiger partial charge in [0.05, 0.1) is 6.61 Å². The number of carboxylic acid groups (broad SMARTS) is 1. The summed E-state index contributed by atoms with van der Waals surface area (Å²) in [4.78, 5) is 25.5. The first-order valence-electron chi connectivity index (χ1n) is 7.91. The summed E-state index contributed by atoms with van der Waals surface area (Å²) in [7, 11) is 0. The number of carboxylic acids is 1. The van der Waals surface area contributed by atoms with Crippen LogP contribution in [0.3, 0.4) is 0 Å². The largest absolute Gasteiger partial charge is 0.493 e. The lowest BCUT2D eigenvalue weighted by Gasteiger charge is -2.34. The van der Waals surface area contributed by atoms with Crippen molar-refractivity contribution in [1.82, 2.24) is 4.90 Å². The molecule has 0 bridgehead atoms. The lowest BCUT2D eigenvalue weighted by atomic mass is 9.89. The standard InChI is InChI=1S/C17H21NO4/c19-16(18-9-4-3-6-14(18)17(20)21)11-12-8-10-22-15-7-2-1-5-13(12)15/h1-2,5,7,12,14H,3-4,6,8-11H2,(H,20,21)/t12-,14+/m1/s1. The lowest BCUT2D eigenvalue weighted by Crippen LogP contribution is -2.48. The van der Waals surface area contributed by atoms with Gasteiger partial charge in [0.25, 0.3) is 0 Å².